The Labute approximate surface area is 105 Å². The topological polar surface area (TPSA) is 93.5 Å². The molecule has 17 heavy (non-hydrogen) atoms. The summed E-state index contributed by atoms with van der Waals surface area (Å²) >= 11 is 6.03. The van der Waals surface area contributed by atoms with Crippen molar-refractivity contribution < 1.29 is 4.79 Å². The summed E-state index contributed by atoms with van der Waals surface area (Å²) in [5.41, 5.74) is 11.7. The number of nitrogens with two attached hydrogens (primary N) is 2. The lowest BCUT2D eigenvalue weighted by molar-refractivity contribution is 0.259. The third-order valence-electron chi connectivity index (χ3n) is 2.13. The van der Waals surface area contributed by atoms with Gasteiger partial charge in [0.15, 0.2) is 5.96 Å². The van der Waals surface area contributed by atoms with Crippen LogP contribution in [-0.2, 0) is 0 Å². The van der Waals surface area contributed by atoms with Crippen LogP contribution in [0.25, 0.3) is 0 Å². The van der Waals surface area contributed by atoms with Gasteiger partial charge in [-0.1, -0.05) is 31.5 Å². The molecule has 0 radical (unpaired) electrons. The number of halogens is 1. The van der Waals surface area contributed by atoms with Gasteiger partial charge in [-0.15, -0.1) is 0 Å². The molecule has 0 aliphatic rings. The number of hydrogen-bond donors (Lipinski definition) is 3. The van der Waals surface area contributed by atoms with Crippen LogP contribution in [0.3, 0.4) is 0 Å². The van der Waals surface area contributed by atoms with Gasteiger partial charge >= 0.3 is 6.03 Å². The quantitative estimate of drug-likeness (QED) is 0.558. The Morgan fingerprint density at radius 2 is 2.06 bits per heavy atom. The first-order valence-electron chi connectivity index (χ1n) is 5.10. The number of aliphatic imine (C=N–C) groups is 1. The van der Waals surface area contributed by atoms with E-state index in [0.29, 0.717) is 16.6 Å². The fourth-order valence-corrected chi connectivity index (χ4v) is 1.49. The number of carbonyl (C=O) groups excluding carboxylic acids is 1. The molecule has 0 aliphatic heterocycles. The summed E-state index contributed by atoms with van der Waals surface area (Å²) in [7, 11) is 0. The molecule has 5 nitrogen and oxygen atoms in total. The second-order valence-corrected chi connectivity index (χ2v) is 4.27. The average Bonchev–Trinajstić information content (AvgIpc) is 2.19. The lowest BCUT2D eigenvalue weighted by Gasteiger charge is -2.09. The Kier molecular flexibility index (Phi) is 4.34. The fraction of sp³-hybridized carbons (Fsp3) is 0.273. The van der Waals surface area contributed by atoms with Crippen LogP contribution in [0.5, 0.6) is 0 Å². The number of rotatable bonds is 2. The molecule has 0 unspecified atom stereocenters. The van der Waals surface area contributed by atoms with Gasteiger partial charge in [-0.05, 0) is 23.6 Å². The van der Waals surface area contributed by atoms with Gasteiger partial charge in [0.1, 0.15) is 0 Å². The number of nitrogens with one attached hydrogen (secondary N) is 1. The van der Waals surface area contributed by atoms with Gasteiger partial charge in [0.2, 0.25) is 0 Å². The number of anilines is 1. The molecule has 0 heterocycles. The van der Waals surface area contributed by atoms with Crippen LogP contribution in [0, 0.1) is 0 Å². The van der Waals surface area contributed by atoms with Crippen molar-refractivity contribution in [1.29, 1.82) is 0 Å². The Morgan fingerprint density at radius 1 is 1.41 bits per heavy atom. The summed E-state index contributed by atoms with van der Waals surface area (Å²) in [6.45, 7) is 4.12. The normalized spacial score (nSPS) is 10.1. The Bertz CT molecular complexity index is 453. The van der Waals surface area contributed by atoms with Crippen molar-refractivity contribution in [3.63, 3.8) is 0 Å². The van der Waals surface area contributed by atoms with Crippen molar-refractivity contribution in [2.75, 3.05) is 5.32 Å². The van der Waals surface area contributed by atoms with Gasteiger partial charge in [0, 0.05) is 0 Å². The van der Waals surface area contributed by atoms with Crippen LogP contribution < -0.4 is 16.8 Å². The van der Waals surface area contributed by atoms with Crippen LogP contribution in [0.15, 0.2) is 23.2 Å². The molecular weight excluding hydrogens is 240 g/mol. The molecule has 0 aromatic heterocycles. The molecule has 1 aromatic rings. The molecular formula is C11H15ClN4O. The average molecular weight is 255 g/mol. The van der Waals surface area contributed by atoms with E-state index in [4.69, 9.17) is 23.1 Å². The van der Waals surface area contributed by atoms with Crippen LogP contribution in [0.1, 0.15) is 25.3 Å². The van der Waals surface area contributed by atoms with Crippen molar-refractivity contribution in [3.05, 3.63) is 28.8 Å². The summed E-state index contributed by atoms with van der Waals surface area (Å²) in [5.74, 6) is 0.0763. The number of amides is 2. The van der Waals surface area contributed by atoms with Crippen LogP contribution >= 0.6 is 11.6 Å². The minimum Gasteiger partial charge on any atom is -0.370 e. The first-order valence-corrected chi connectivity index (χ1v) is 5.48. The van der Waals surface area contributed by atoms with E-state index in [0.717, 1.165) is 5.56 Å². The van der Waals surface area contributed by atoms with Gasteiger partial charge < -0.3 is 16.8 Å². The lowest BCUT2D eigenvalue weighted by Crippen LogP contribution is -2.25. The largest absolute Gasteiger partial charge is 0.370 e. The number of guanidine groups is 1. The van der Waals surface area contributed by atoms with Crippen molar-refractivity contribution in [3.8, 4) is 0 Å². The molecule has 92 valence electrons. The molecule has 0 saturated carbocycles. The minimum absolute atomic E-state index is 0.294. The molecule has 1 rings (SSSR count). The van der Waals surface area contributed by atoms with Crippen molar-refractivity contribution in [2.24, 2.45) is 16.5 Å². The maximum absolute atomic E-state index is 11.3. The molecule has 2 amide bonds. The second kappa shape index (κ2) is 5.54. The van der Waals surface area contributed by atoms with E-state index in [1.165, 1.54) is 0 Å². The highest BCUT2D eigenvalue weighted by molar-refractivity contribution is 6.33. The van der Waals surface area contributed by atoms with E-state index in [1.54, 1.807) is 12.1 Å². The smallest absolute Gasteiger partial charge is 0.348 e. The highest BCUT2D eigenvalue weighted by Crippen LogP contribution is 2.26. The van der Waals surface area contributed by atoms with E-state index < -0.39 is 6.03 Å². The van der Waals surface area contributed by atoms with Crippen LogP contribution in [0.2, 0.25) is 5.02 Å². The predicted octanol–water partition coefficient (Wildman–Crippen LogP) is 2.27. The summed E-state index contributed by atoms with van der Waals surface area (Å²) in [5, 5.41) is 2.94. The number of benzene rings is 1. The molecule has 0 atom stereocenters. The maximum atomic E-state index is 11.3. The molecule has 0 aliphatic carbocycles. The zero-order chi connectivity index (χ0) is 13.0. The zero-order valence-electron chi connectivity index (χ0n) is 9.70. The molecule has 0 saturated heterocycles. The molecule has 6 heteroatoms. The molecule has 5 N–H and O–H groups in total. The molecule has 0 fully saturated rings. The Morgan fingerprint density at radius 3 is 2.53 bits per heavy atom. The highest BCUT2D eigenvalue weighted by Gasteiger charge is 2.07. The van der Waals surface area contributed by atoms with E-state index >= 15 is 0 Å². The monoisotopic (exact) mass is 254 g/mol. The summed E-state index contributed by atoms with van der Waals surface area (Å²) < 4.78 is 0. The maximum Gasteiger partial charge on any atom is 0.348 e. The Balaban J connectivity index is 2.87. The number of urea groups is 1. The molecule has 0 spiro atoms. The third kappa shape index (κ3) is 3.96. The van der Waals surface area contributed by atoms with E-state index in [2.05, 4.69) is 24.2 Å². The van der Waals surface area contributed by atoms with Crippen molar-refractivity contribution in [1.82, 2.24) is 0 Å². The van der Waals surface area contributed by atoms with Crippen LogP contribution in [0.4, 0.5) is 10.5 Å². The third-order valence-corrected chi connectivity index (χ3v) is 2.44. The summed E-state index contributed by atoms with van der Waals surface area (Å²) in [4.78, 5) is 14.6. The van der Waals surface area contributed by atoms with Crippen molar-refractivity contribution in [2.45, 2.75) is 19.8 Å². The molecule has 0 bridgehead atoms. The minimum atomic E-state index is -0.649. The predicted molar refractivity (Wildman–Crippen MR) is 70.4 cm³/mol. The standard InChI is InChI=1S/C11H15ClN4O/c1-6(2)7-3-4-9(8(12)5-7)15-11(17)16-10(13)14/h3-6H,1-2H3,(H5,13,14,15,16,17). The van der Waals surface area contributed by atoms with Gasteiger partial charge in [0.25, 0.3) is 0 Å². The second-order valence-electron chi connectivity index (χ2n) is 3.86. The first kappa shape index (κ1) is 13.3. The summed E-state index contributed by atoms with van der Waals surface area (Å²) in [6.07, 6.45) is 0. The van der Waals surface area contributed by atoms with E-state index in [-0.39, 0.29) is 5.96 Å². The number of hydrogen-bond acceptors (Lipinski definition) is 1. The summed E-state index contributed by atoms with van der Waals surface area (Å²) in [6, 6.07) is 4.76. The number of nitrogens with zero attached hydrogens (tertiary/aromatic N) is 1. The van der Waals surface area contributed by atoms with E-state index in [9.17, 15) is 4.79 Å². The molecule has 1 aromatic carbocycles. The fourth-order valence-electron chi connectivity index (χ4n) is 1.25. The highest BCUT2D eigenvalue weighted by atomic mass is 35.5. The van der Waals surface area contributed by atoms with Gasteiger partial charge in [-0.2, -0.15) is 4.99 Å². The van der Waals surface area contributed by atoms with Crippen molar-refractivity contribution >= 4 is 29.3 Å². The van der Waals surface area contributed by atoms with Gasteiger partial charge in [-0.25, -0.2) is 4.79 Å². The SMILES string of the molecule is CC(C)c1ccc(NC(=O)N=C(N)N)c(Cl)c1. The van der Waals surface area contributed by atoms with Gasteiger partial charge in [-0.3, -0.25) is 0 Å². The Hall–Kier alpha value is -1.75. The first-order chi connectivity index (χ1) is 7.90. The van der Waals surface area contributed by atoms with Crippen LogP contribution in [-0.4, -0.2) is 12.0 Å². The van der Waals surface area contributed by atoms with E-state index in [1.807, 2.05) is 6.07 Å². The number of carbonyl (C=O) groups is 1. The lowest BCUT2D eigenvalue weighted by atomic mass is 10.0. The zero-order valence-corrected chi connectivity index (χ0v) is 10.5. The van der Waals surface area contributed by atoms with Gasteiger partial charge in [0.05, 0.1) is 10.7 Å².